The number of hydrogen-bond acceptors (Lipinski definition) is 4. The zero-order chi connectivity index (χ0) is 21.6. The van der Waals surface area contributed by atoms with Crippen molar-refractivity contribution < 1.29 is 9.53 Å². The van der Waals surface area contributed by atoms with Gasteiger partial charge in [-0.05, 0) is 31.0 Å². The third kappa shape index (κ3) is 5.46. The van der Waals surface area contributed by atoms with Crippen LogP contribution in [0.25, 0.3) is 10.9 Å². The minimum absolute atomic E-state index is 0.105. The summed E-state index contributed by atoms with van der Waals surface area (Å²) in [6.07, 6.45) is 2.88. The number of fused-ring (bicyclic) bond motifs is 1. The largest absolute Gasteiger partial charge is 0.496 e. The number of aryl methyl sites for hydroxylation is 1. The molecule has 1 fully saturated rings. The number of para-hydroxylation sites is 1. The van der Waals surface area contributed by atoms with Gasteiger partial charge in [-0.25, -0.2) is 0 Å². The minimum Gasteiger partial charge on any atom is -0.496 e. The summed E-state index contributed by atoms with van der Waals surface area (Å²) in [6.45, 7) is 7.85. The van der Waals surface area contributed by atoms with Crippen LogP contribution in [0, 0.1) is 6.92 Å². The van der Waals surface area contributed by atoms with Crippen LogP contribution < -0.4 is 10.1 Å². The maximum absolute atomic E-state index is 12.4. The van der Waals surface area contributed by atoms with Crippen LogP contribution in [-0.2, 0) is 17.8 Å². The third-order valence-electron chi connectivity index (χ3n) is 6.05. The van der Waals surface area contributed by atoms with Crippen molar-refractivity contribution >= 4 is 16.8 Å². The lowest BCUT2D eigenvalue weighted by atomic mass is 10.1. The molecule has 0 radical (unpaired) electrons. The highest BCUT2D eigenvalue weighted by molar-refractivity contribution is 5.83. The fourth-order valence-corrected chi connectivity index (χ4v) is 4.31. The van der Waals surface area contributed by atoms with E-state index in [-0.39, 0.29) is 5.91 Å². The number of hydrogen-bond donors (Lipinski definition) is 2. The molecule has 6 heteroatoms. The molecule has 0 bridgehead atoms. The number of benzene rings is 2. The Morgan fingerprint density at radius 1 is 1.06 bits per heavy atom. The molecule has 2 N–H and O–H groups in total. The van der Waals surface area contributed by atoms with E-state index in [1.807, 2.05) is 24.4 Å². The van der Waals surface area contributed by atoms with Gasteiger partial charge in [0, 0.05) is 61.9 Å². The molecule has 0 unspecified atom stereocenters. The number of aromatic amines is 1. The predicted octanol–water partition coefficient (Wildman–Crippen LogP) is 2.96. The van der Waals surface area contributed by atoms with Gasteiger partial charge in [0.15, 0.2) is 0 Å². The Morgan fingerprint density at radius 2 is 1.84 bits per heavy atom. The van der Waals surface area contributed by atoms with E-state index >= 15 is 0 Å². The van der Waals surface area contributed by atoms with E-state index in [0.717, 1.165) is 50.4 Å². The fourth-order valence-electron chi connectivity index (χ4n) is 4.31. The molecule has 6 nitrogen and oxygen atoms in total. The molecular formula is C25H32N4O2. The minimum atomic E-state index is 0.105. The number of amides is 1. The molecule has 31 heavy (non-hydrogen) atoms. The molecular weight excluding hydrogens is 388 g/mol. The van der Waals surface area contributed by atoms with E-state index in [2.05, 4.69) is 51.3 Å². The highest BCUT2D eigenvalue weighted by atomic mass is 16.5. The van der Waals surface area contributed by atoms with Crippen molar-refractivity contribution in [1.82, 2.24) is 20.1 Å². The van der Waals surface area contributed by atoms with Gasteiger partial charge < -0.3 is 15.0 Å². The molecule has 0 saturated carbocycles. The first kappa shape index (κ1) is 21.4. The van der Waals surface area contributed by atoms with Crippen molar-refractivity contribution in [3.8, 4) is 5.75 Å². The standard InChI is InChI=1S/C25H32N4O2/c1-19-7-8-24(31-2)21(15-19)17-28-11-13-29(14-12-28)18-25(30)26-10-9-20-16-27-23-6-4-3-5-22(20)23/h3-8,15-16,27H,9-14,17-18H2,1-2H3,(H,26,30). The van der Waals surface area contributed by atoms with E-state index in [9.17, 15) is 4.79 Å². The molecule has 164 valence electrons. The zero-order valence-electron chi connectivity index (χ0n) is 18.5. The van der Waals surface area contributed by atoms with Gasteiger partial charge in [-0.2, -0.15) is 0 Å². The van der Waals surface area contributed by atoms with Crippen LogP contribution in [0.2, 0.25) is 0 Å². The molecule has 3 aromatic rings. The molecule has 1 aromatic heterocycles. The average Bonchev–Trinajstić information content (AvgIpc) is 3.18. The van der Waals surface area contributed by atoms with E-state index < -0.39 is 0 Å². The molecule has 1 aliphatic heterocycles. The third-order valence-corrected chi connectivity index (χ3v) is 6.05. The number of rotatable bonds is 8. The average molecular weight is 421 g/mol. The maximum atomic E-state index is 12.4. The fraction of sp³-hybridized carbons (Fsp3) is 0.400. The van der Waals surface area contributed by atoms with Gasteiger partial charge in [0.2, 0.25) is 5.91 Å². The molecule has 2 aromatic carbocycles. The Hall–Kier alpha value is -2.83. The number of H-pyrrole nitrogens is 1. The number of piperazine rings is 1. The van der Waals surface area contributed by atoms with Gasteiger partial charge in [0.05, 0.1) is 13.7 Å². The van der Waals surface area contributed by atoms with Gasteiger partial charge >= 0.3 is 0 Å². The molecule has 1 saturated heterocycles. The topological polar surface area (TPSA) is 60.6 Å². The van der Waals surface area contributed by atoms with E-state index in [0.29, 0.717) is 13.1 Å². The van der Waals surface area contributed by atoms with Gasteiger partial charge in [0.1, 0.15) is 5.75 Å². The quantitative estimate of drug-likeness (QED) is 0.588. The van der Waals surface area contributed by atoms with E-state index in [1.165, 1.54) is 22.1 Å². The van der Waals surface area contributed by atoms with E-state index in [4.69, 9.17) is 4.74 Å². The number of carbonyl (C=O) groups is 1. The highest BCUT2D eigenvalue weighted by Gasteiger charge is 2.20. The summed E-state index contributed by atoms with van der Waals surface area (Å²) in [4.78, 5) is 20.4. The van der Waals surface area contributed by atoms with Crippen LogP contribution >= 0.6 is 0 Å². The Balaban J connectivity index is 1.19. The van der Waals surface area contributed by atoms with E-state index in [1.54, 1.807) is 7.11 Å². The number of nitrogens with one attached hydrogen (secondary N) is 2. The summed E-state index contributed by atoms with van der Waals surface area (Å²) in [7, 11) is 1.73. The number of nitrogens with zero attached hydrogens (tertiary/aromatic N) is 2. The van der Waals surface area contributed by atoms with Crippen LogP contribution in [0.3, 0.4) is 0 Å². The van der Waals surface area contributed by atoms with Crippen molar-refractivity contribution in [3.63, 3.8) is 0 Å². The SMILES string of the molecule is COc1ccc(C)cc1CN1CCN(CC(=O)NCCc2c[nH]c3ccccc23)CC1. The van der Waals surface area contributed by atoms with Crippen LogP contribution in [-0.4, -0.2) is 67.1 Å². The highest BCUT2D eigenvalue weighted by Crippen LogP contribution is 2.22. The van der Waals surface area contributed by atoms with Crippen LogP contribution in [0.15, 0.2) is 48.7 Å². The Bertz CT molecular complexity index is 1020. The Morgan fingerprint density at radius 3 is 2.65 bits per heavy atom. The Labute approximate surface area is 184 Å². The molecule has 1 aliphatic rings. The maximum Gasteiger partial charge on any atom is 0.234 e. The van der Waals surface area contributed by atoms with Gasteiger partial charge in [-0.15, -0.1) is 0 Å². The number of aromatic nitrogens is 1. The summed E-state index contributed by atoms with van der Waals surface area (Å²) in [6, 6.07) is 14.6. The number of ether oxygens (including phenoxy) is 1. The van der Waals surface area contributed by atoms with Crippen LogP contribution in [0.5, 0.6) is 5.75 Å². The summed E-state index contributed by atoms with van der Waals surface area (Å²) in [5.74, 6) is 1.05. The second kappa shape index (κ2) is 9.98. The lowest BCUT2D eigenvalue weighted by molar-refractivity contribution is -0.122. The molecule has 0 atom stereocenters. The molecule has 0 aliphatic carbocycles. The summed E-state index contributed by atoms with van der Waals surface area (Å²) in [5.41, 5.74) is 4.87. The number of methoxy groups -OCH3 is 1. The molecule has 4 rings (SSSR count). The monoisotopic (exact) mass is 420 g/mol. The first-order valence-electron chi connectivity index (χ1n) is 11.0. The lowest BCUT2D eigenvalue weighted by Gasteiger charge is -2.34. The molecule has 2 heterocycles. The van der Waals surface area contributed by atoms with Gasteiger partial charge in [-0.3, -0.25) is 14.6 Å². The van der Waals surface area contributed by atoms with Crippen LogP contribution in [0.1, 0.15) is 16.7 Å². The predicted molar refractivity (Wildman–Crippen MR) is 124 cm³/mol. The smallest absolute Gasteiger partial charge is 0.234 e. The van der Waals surface area contributed by atoms with Crippen LogP contribution in [0.4, 0.5) is 0 Å². The van der Waals surface area contributed by atoms with Gasteiger partial charge in [0.25, 0.3) is 0 Å². The second-order valence-electron chi connectivity index (χ2n) is 8.33. The first-order chi connectivity index (χ1) is 15.1. The first-order valence-corrected chi connectivity index (χ1v) is 11.0. The summed E-state index contributed by atoms with van der Waals surface area (Å²) < 4.78 is 5.51. The van der Waals surface area contributed by atoms with Gasteiger partial charge in [-0.1, -0.05) is 35.9 Å². The molecule has 1 amide bonds. The normalized spacial score (nSPS) is 15.3. The van der Waals surface area contributed by atoms with Crippen molar-refractivity contribution in [1.29, 1.82) is 0 Å². The zero-order valence-corrected chi connectivity index (χ0v) is 18.5. The van der Waals surface area contributed by atoms with Crippen molar-refractivity contribution in [2.45, 2.75) is 19.9 Å². The van der Waals surface area contributed by atoms with Crippen molar-refractivity contribution in [3.05, 3.63) is 65.4 Å². The molecule has 0 spiro atoms. The van der Waals surface area contributed by atoms with Crippen molar-refractivity contribution in [2.75, 3.05) is 46.4 Å². The summed E-state index contributed by atoms with van der Waals surface area (Å²) >= 11 is 0. The number of carbonyl (C=O) groups excluding carboxylic acids is 1. The second-order valence-corrected chi connectivity index (χ2v) is 8.33. The lowest BCUT2D eigenvalue weighted by Crippen LogP contribution is -2.49. The van der Waals surface area contributed by atoms with Crippen molar-refractivity contribution in [2.24, 2.45) is 0 Å². The Kier molecular flexibility index (Phi) is 6.89. The summed E-state index contributed by atoms with van der Waals surface area (Å²) in [5, 5.41) is 4.32.